The monoisotopic (exact) mass is 186 g/mol. The molecule has 0 aromatic rings. The van der Waals surface area contributed by atoms with Gasteiger partial charge in [-0.1, -0.05) is 0 Å². The van der Waals surface area contributed by atoms with Crippen LogP contribution in [-0.2, 0) is 24.2 Å². The normalized spacial score (nSPS) is 18.0. The Labute approximate surface area is 68.5 Å². The molecule has 0 radical (unpaired) electrons. The third kappa shape index (κ3) is 4.98. The van der Waals surface area contributed by atoms with Gasteiger partial charge in [-0.15, -0.1) is 0 Å². The fourth-order valence-corrected chi connectivity index (χ4v) is 0.516. The number of hydrogen-bond donors (Lipinski definition) is 1. The van der Waals surface area contributed by atoms with Gasteiger partial charge in [-0.2, -0.15) is 0 Å². The minimum atomic E-state index is 0. The Bertz CT molecular complexity index is 31.5. The van der Waals surface area contributed by atoms with E-state index in [1.807, 2.05) is 0 Å². The van der Waals surface area contributed by atoms with E-state index in [-0.39, 0.29) is 31.9 Å². The zero-order valence-corrected chi connectivity index (χ0v) is 8.54. The zero-order valence-electron chi connectivity index (χ0n) is 4.82. The summed E-state index contributed by atoms with van der Waals surface area (Å²) in [5.74, 6) is 0. The average Bonchev–Trinajstić information content (AvgIpc) is 1.72. The number of rotatable bonds is 0. The fourth-order valence-electron chi connectivity index (χ4n) is 0.516. The Morgan fingerprint density at radius 3 is 1.75 bits per heavy atom. The molecule has 1 saturated heterocycles. The molecule has 0 aliphatic carbocycles. The van der Waals surface area contributed by atoms with Crippen molar-refractivity contribution in [1.29, 1.82) is 0 Å². The van der Waals surface area contributed by atoms with Gasteiger partial charge in [-0.25, -0.2) is 0 Å². The SMILES string of the molecule is C1COCCN1.[Cl-].[Zn+2]. The number of nitrogens with one attached hydrogen (secondary N) is 1. The summed E-state index contributed by atoms with van der Waals surface area (Å²) in [6.45, 7) is 3.83. The van der Waals surface area contributed by atoms with Crippen LogP contribution in [0.3, 0.4) is 0 Å². The standard InChI is InChI=1S/C4H9NO.ClH.Zn/c1-3-6-4-2-5-1;;/h5H,1-4H2;1H;/q;;+2/p-1. The van der Waals surface area contributed by atoms with Crippen molar-refractivity contribution in [2.75, 3.05) is 26.3 Å². The van der Waals surface area contributed by atoms with Crippen LogP contribution in [0.1, 0.15) is 0 Å². The molecule has 0 spiro atoms. The molecule has 8 heavy (non-hydrogen) atoms. The number of morpholine rings is 1. The molecular formula is C4H9ClNOZn+. The molecule has 4 heteroatoms. The van der Waals surface area contributed by atoms with Crippen molar-refractivity contribution in [3.8, 4) is 0 Å². The Morgan fingerprint density at radius 1 is 1.12 bits per heavy atom. The third-order valence-corrected chi connectivity index (χ3v) is 0.846. The van der Waals surface area contributed by atoms with Crippen molar-refractivity contribution in [1.82, 2.24) is 5.32 Å². The van der Waals surface area contributed by atoms with E-state index in [9.17, 15) is 0 Å². The number of halogens is 1. The Hall–Kier alpha value is 0.833. The summed E-state index contributed by atoms with van der Waals surface area (Å²) in [6.07, 6.45) is 0. The van der Waals surface area contributed by atoms with E-state index in [4.69, 9.17) is 4.74 Å². The van der Waals surface area contributed by atoms with Gasteiger partial charge in [-0.05, 0) is 0 Å². The summed E-state index contributed by atoms with van der Waals surface area (Å²) in [5, 5.41) is 3.16. The van der Waals surface area contributed by atoms with E-state index >= 15 is 0 Å². The van der Waals surface area contributed by atoms with E-state index in [1.165, 1.54) is 0 Å². The van der Waals surface area contributed by atoms with Crippen LogP contribution in [0.25, 0.3) is 0 Å². The quantitative estimate of drug-likeness (QED) is 0.400. The first kappa shape index (κ1) is 11.6. The van der Waals surface area contributed by atoms with Crippen molar-refractivity contribution in [3.05, 3.63) is 0 Å². The smallest absolute Gasteiger partial charge is 1.00 e. The van der Waals surface area contributed by atoms with Crippen molar-refractivity contribution in [3.63, 3.8) is 0 Å². The van der Waals surface area contributed by atoms with Gasteiger partial charge in [0.25, 0.3) is 0 Å². The molecule has 0 amide bonds. The minimum absolute atomic E-state index is 0. The Balaban J connectivity index is 0. The summed E-state index contributed by atoms with van der Waals surface area (Å²) in [4.78, 5) is 0. The number of hydrogen-bond acceptors (Lipinski definition) is 2. The maximum absolute atomic E-state index is 5.01. The molecule has 0 atom stereocenters. The first-order chi connectivity index (χ1) is 3.00. The molecule has 1 rings (SSSR count). The van der Waals surface area contributed by atoms with E-state index in [2.05, 4.69) is 5.32 Å². The van der Waals surface area contributed by atoms with Crippen LogP contribution in [-0.4, -0.2) is 26.3 Å². The van der Waals surface area contributed by atoms with Gasteiger partial charge in [0, 0.05) is 13.1 Å². The van der Waals surface area contributed by atoms with Gasteiger partial charge < -0.3 is 22.5 Å². The summed E-state index contributed by atoms with van der Waals surface area (Å²) in [7, 11) is 0. The first-order valence-corrected chi connectivity index (χ1v) is 2.28. The average molecular weight is 188 g/mol. The van der Waals surface area contributed by atoms with Crippen LogP contribution in [0.15, 0.2) is 0 Å². The van der Waals surface area contributed by atoms with Crippen molar-refractivity contribution < 1.29 is 36.6 Å². The second kappa shape index (κ2) is 7.83. The molecule has 0 unspecified atom stereocenters. The largest absolute Gasteiger partial charge is 2.00 e. The molecule has 0 aromatic carbocycles. The van der Waals surface area contributed by atoms with E-state index < -0.39 is 0 Å². The fraction of sp³-hybridized carbons (Fsp3) is 1.00. The minimum Gasteiger partial charge on any atom is -1.00 e. The molecule has 0 bridgehead atoms. The Morgan fingerprint density at radius 2 is 1.62 bits per heavy atom. The zero-order chi connectivity index (χ0) is 4.24. The van der Waals surface area contributed by atoms with Crippen molar-refractivity contribution in [2.24, 2.45) is 0 Å². The van der Waals surface area contributed by atoms with Gasteiger partial charge in [0.2, 0.25) is 0 Å². The van der Waals surface area contributed by atoms with E-state index in [0.717, 1.165) is 26.3 Å². The van der Waals surface area contributed by atoms with Gasteiger partial charge >= 0.3 is 19.5 Å². The number of ether oxygens (including phenoxy) is 1. The van der Waals surface area contributed by atoms with Crippen LogP contribution >= 0.6 is 0 Å². The third-order valence-electron chi connectivity index (χ3n) is 0.846. The van der Waals surface area contributed by atoms with Gasteiger partial charge in [0.05, 0.1) is 13.2 Å². The maximum atomic E-state index is 5.01. The summed E-state index contributed by atoms with van der Waals surface area (Å²) in [5.41, 5.74) is 0. The van der Waals surface area contributed by atoms with Gasteiger partial charge in [0.15, 0.2) is 0 Å². The molecule has 44 valence electrons. The van der Waals surface area contributed by atoms with Gasteiger partial charge in [-0.3, -0.25) is 0 Å². The van der Waals surface area contributed by atoms with Crippen LogP contribution < -0.4 is 17.7 Å². The maximum Gasteiger partial charge on any atom is 2.00 e. The molecule has 0 aromatic heterocycles. The molecule has 1 N–H and O–H groups in total. The van der Waals surface area contributed by atoms with Crippen LogP contribution in [0, 0.1) is 0 Å². The topological polar surface area (TPSA) is 21.3 Å². The molecule has 2 nitrogen and oxygen atoms in total. The summed E-state index contributed by atoms with van der Waals surface area (Å²) >= 11 is 0. The summed E-state index contributed by atoms with van der Waals surface area (Å²) < 4.78 is 5.01. The van der Waals surface area contributed by atoms with Crippen LogP contribution in [0.5, 0.6) is 0 Å². The first-order valence-electron chi connectivity index (χ1n) is 2.28. The second-order valence-electron chi connectivity index (χ2n) is 1.36. The molecule has 1 aliphatic rings. The van der Waals surface area contributed by atoms with Crippen molar-refractivity contribution in [2.45, 2.75) is 0 Å². The van der Waals surface area contributed by atoms with Crippen LogP contribution in [0.2, 0.25) is 0 Å². The predicted octanol–water partition coefficient (Wildman–Crippen LogP) is -3.39. The molecule has 1 aliphatic heterocycles. The molecular weight excluding hydrogens is 179 g/mol. The molecule has 1 fully saturated rings. The summed E-state index contributed by atoms with van der Waals surface area (Å²) in [6, 6.07) is 0. The van der Waals surface area contributed by atoms with E-state index in [0.29, 0.717) is 0 Å². The second-order valence-corrected chi connectivity index (χ2v) is 1.36. The van der Waals surface area contributed by atoms with Crippen LogP contribution in [0.4, 0.5) is 0 Å². The Kier molecular flexibility index (Phi) is 11.4. The predicted molar refractivity (Wildman–Crippen MR) is 23.7 cm³/mol. The van der Waals surface area contributed by atoms with E-state index in [1.54, 1.807) is 0 Å². The molecule has 1 heterocycles. The van der Waals surface area contributed by atoms with Crippen molar-refractivity contribution >= 4 is 0 Å². The van der Waals surface area contributed by atoms with Gasteiger partial charge in [0.1, 0.15) is 0 Å². The molecule has 0 saturated carbocycles.